The molecule has 0 N–H and O–H groups in total. The fourth-order valence-electron chi connectivity index (χ4n) is 2.52. The number of rotatable bonds is 0. The second-order valence-electron chi connectivity index (χ2n) is 4.54. The van der Waals surface area contributed by atoms with Crippen molar-refractivity contribution >= 4 is 27.3 Å². The summed E-state index contributed by atoms with van der Waals surface area (Å²) in [6, 6.07) is 17.3. The zero-order chi connectivity index (χ0) is 12.8. The lowest BCUT2D eigenvalue weighted by atomic mass is 10.2. The molecule has 0 radical (unpaired) electrons. The molecule has 4 rings (SSSR count). The summed E-state index contributed by atoms with van der Waals surface area (Å²) in [7, 11) is 0. The van der Waals surface area contributed by atoms with E-state index in [1.807, 2.05) is 54.6 Å². The van der Waals surface area contributed by atoms with Crippen molar-refractivity contribution in [2.24, 2.45) is 0 Å². The molecule has 0 saturated carbocycles. The van der Waals surface area contributed by atoms with Crippen LogP contribution in [0.3, 0.4) is 0 Å². The normalized spacial score (nSPS) is 11.4. The fourth-order valence-corrected chi connectivity index (χ4v) is 2.52. The Balaban J connectivity index is 2.39. The van der Waals surface area contributed by atoms with Gasteiger partial charge in [0.1, 0.15) is 0 Å². The Labute approximate surface area is 108 Å². The second-order valence-corrected chi connectivity index (χ2v) is 4.54. The van der Waals surface area contributed by atoms with E-state index < -0.39 is 0 Å². The molecule has 2 aromatic heterocycles. The van der Waals surface area contributed by atoms with Crippen LogP contribution < -0.4 is 5.56 Å². The quantitative estimate of drug-likeness (QED) is 0.478. The van der Waals surface area contributed by atoms with Gasteiger partial charge in [0, 0.05) is 5.39 Å². The highest BCUT2D eigenvalue weighted by Gasteiger charge is 2.06. The van der Waals surface area contributed by atoms with E-state index in [0.29, 0.717) is 5.39 Å². The van der Waals surface area contributed by atoms with Crippen LogP contribution in [0.2, 0.25) is 0 Å². The van der Waals surface area contributed by atoms with Crippen molar-refractivity contribution in [2.45, 2.75) is 0 Å². The average molecular weight is 246 g/mol. The number of nitrogens with zero attached hydrogens (tertiary/aromatic N) is 2. The summed E-state index contributed by atoms with van der Waals surface area (Å²) in [4.78, 5) is 17.1. The summed E-state index contributed by atoms with van der Waals surface area (Å²) in [6.07, 6.45) is 1.75. The molecule has 19 heavy (non-hydrogen) atoms. The van der Waals surface area contributed by atoms with Gasteiger partial charge in [0.2, 0.25) is 0 Å². The third-order valence-electron chi connectivity index (χ3n) is 3.41. The van der Waals surface area contributed by atoms with Crippen molar-refractivity contribution in [3.05, 3.63) is 71.1 Å². The third-order valence-corrected chi connectivity index (χ3v) is 3.41. The van der Waals surface area contributed by atoms with Crippen LogP contribution in [0.15, 0.2) is 65.6 Å². The Morgan fingerprint density at radius 1 is 0.947 bits per heavy atom. The minimum atomic E-state index is -0.0238. The molecule has 90 valence electrons. The molecule has 0 atom stereocenters. The van der Waals surface area contributed by atoms with Crippen molar-refractivity contribution in [1.29, 1.82) is 0 Å². The van der Waals surface area contributed by atoms with Crippen LogP contribution in [-0.4, -0.2) is 9.38 Å². The Kier molecular flexibility index (Phi) is 1.97. The first-order valence-electron chi connectivity index (χ1n) is 6.13. The Morgan fingerprint density at radius 3 is 2.68 bits per heavy atom. The Morgan fingerprint density at radius 2 is 1.74 bits per heavy atom. The maximum atomic E-state index is 12.7. The number of benzene rings is 2. The van der Waals surface area contributed by atoms with Gasteiger partial charge < -0.3 is 0 Å². The zero-order valence-corrected chi connectivity index (χ0v) is 10.1. The number of hydrogen-bond donors (Lipinski definition) is 0. The highest BCUT2D eigenvalue weighted by Crippen LogP contribution is 2.18. The van der Waals surface area contributed by atoms with Crippen LogP contribution >= 0.6 is 0 Å². The molecule has 0 aliphatic rings. The molecule has 0 spiro atoms. The minimum Gasteiger partial charge on any atom is -0.275 e. The molecule has 0 aliphatic carbocycles. The smallest absolute Gasteiger partial charge is 0.265 e. The molecule has 2 heterocycles. The molecule has 0 bridgehead atoms. The van der Waals surface area contributed by atoms with Gasteiger partial charge in [0.15, 0.2) is 0 Å². The molecule has 0 amide bonds. The first-order chi connectivity index (χ1) is 9.34. The molecule has 4 aromatic rings. The highest BCUT2D eigenvalue weighted by molar-refractivity contribution is 5.88. The van der Waals surface area contributed by atoms with E-state index >= 15 is 0 Å². The lowest BCUT2D eigenvalue weighted by molar-refractivity contribution is 1.21. The first-order valence-corrected chi connectivity index (χ1v) is 6.13. The summed E-state index contributed by atoms with van der Waals surface area (Å²) < 4.78 is 1.73. The molecule has 0 fully saturated rings. The van der Waals surface area contributed by atoms with Crippen molar-refractivity contribution in [1.82, 2.24) is 9.38 Å². The summed E-state index contributed by atoms with van der Waals surface area (Å²) in [5, 5.41) is 1.69. The van der Waals surface area contributed by atoms with Crippen LogP contribution in [0, 0.1) is 0 Å². The third kappa shape index (κ3) is 1.38. The number of para-hydroxylation sites is 2. The highest BCUT2D eigenvalue weighted by atomic mass is 16.1. The lowest BCUT2D eigenvalue weighted by Crippen LogP contribution is -2.09. The van der Waals surface area contributed by atoms with Gasteiger partial charge in [-0.15, -0.1) is 0 Å². The van der Waals surface area contributed by atoms with E-state index in [-0.39, 0.29) is 5.56 Å². The minimum absolute atomic E-state index is 0.0238. The van der Waals surface area contributed by atoms with E-state index in [0.717, 1.165) is 21.9 Å². The summed E-state index contributed by atoms with van der Waals surface area (Å²) in [6.45, 7) is 0. The molecule has 2 aromatic carbocycles. The molecule has 0 unspecified atom stereocenters. The topological polar surface area (TPSA) is 34.4 Å². The van der Waals surface area contributed by atoms with E-state index in [4.69, 9.17) is 0 Å². The monoisotopic (exact) mass is 246 g/mol. The SMILES string of the molecule is O=c1c2ccccc2ncc2cc3ccccc3n12. The Bertz CT molecular complexity index is 986. The molecule has 0 aliphatic heterocycles. The largest absolute Gasteiger partial charge is 0.275 e. The standard InChI is InChI=1S/C16H10N2O/c19-16-13-6-2-3-7-14(13)17-10-12-9-11-5-1-4-8-15(11)18(12)16/h1-10H. The summed E-state index contributed by atoms with van der Waals surface area (Å²) in [5.74, 6) is 0. The van der Waals surface area contributed by atoms with E-state index in [1.54, 1.807) is 10.6 Å². The van der Waals surface area contributed by atoms with Crippen LogP contribution in [0.4, 0.5) is 0 Å². The van der Waals surface area contributed by atoms with E-state index in [2.05, 4.69) is 4.98 Å². The molecular weight excluding hydrogens is 236 g/mol. The fraction of sp³-hybridized carbons (Fsp3) is 0. The predicted octanol–water partition coefficient (Wildman–Crippen LogP) is 3.00. The van der Waals surface area contributed by atoms with Gasteiger partial charge in [0.25, 0.3) is 5.56 Å². The van der Waals surface area contributed by atoms with Gasteiger partial charge in [-0.3, -0.25) is 14.2 Å². The van der Waals surface area contributed by atoms with Crippen molar-refractivity contribution in [2.75, 3.05) is 0 Å². The van der Waals surface area contributed by atoms with E-state index in [1.165, 1.54) is 0 Å². The maximum Gasteiger partial charge on any atom is 0.265 e. The van der Waals surface area contributed by atoms with Crippen LogP contribution in [0.25, 0.3) is 27.3 Å². The summed E-state index contributed by atoms with van der Waals surface area (Å²) in [5.41, 5.74) is 2.44. The number of hydrogen-bond acceptors (Lipinski definition) is 2. The summed E-state index contributed by atoms with van der Waals surface area (Å²) >= 11 is 0. The molecule has 3 nitrogen and oxygen atoms in total. The average Bonchev–Trinajstić information content (AvgIpc) is 2.76. The van der Waals surface area contributed by atoms with Crippen LogP contribution in [-0.2, 0) is 0 Å². The molecular formula is C16H10N2O. The Hall–Kier alpha value is -2.68. The van der Waals surface area contributed by atoms with E-state index in [9.17, 15) is 4.79 Å². The van der Waals surface area contributed by atoms with Crippen molar-refractivity contribution < 1.29 is 0 Å². The van der Waals surface area contributed by atoms with Gasteiger partial charge >= 0.3 is 0 Å². The second kappa shape index (κ2) is 3.65. The lowest BCUT2D eigenvalue weighted by Gasteiger charge is -1.92. The molecule has 3 heteroatoms. The van der Waals surface area contributed by atoms with Gasteiger partial charge in [-0.25, -0.2) is 0 Å². The van der Waals surface area contributed by atoms with Gasteiger partial charge in [-0.1, -0.05) is 30.3 Å². The maximum absolute atomic E-state index is 12.7. The zero-order valence-electron chi connectivity index (χ0n) is 10.1. The van der Waals surface area contributed by atoms with Gasteiger partial charge in [-0.05, 0) is 24.3 Å². The van der Waals surface area contributed by atoms with Gasteiger partial charge in [0.05, 0.1) is 28.1 Å². The number of aromatic nitrogens is 2. The van der Waals surface area contributed by atoms with Crippen molar-refractivity contribution in [3.63, 3.8) is 0 Å². The van der Waals surface area contributed by atoms with Gasteiger partial charge in [-0.2, -0.15) is 0 Å². The van der Waals surface area contributed by atoms with Crippen molar-refractivity contribution in [3.8, 4) is 0 Å². The van der Waals surface area contributed by atoms with Crippen LogP contribution in [0.1, 0.15) is 0 Å². The number of fused-ring (bicyclic) bond motifs is 4. The van der Waals surface area contributed by atoms with Crippen LogP contribution in [0.5, 0.6) is 0 Å². The first kappa shape index (κ1) is 10.3. The predicted molar refractivity (Wildman–Crippen MR) is 76.5 cm³/mol. The molecule has 0 saturated heterocycles.